The summed E-state index contributed by atoms with van der Waals surface area (Å²) >= 11 is 5.97. The van der Waals surface area contributed by atoms with E-state index in [4.69, 9.17) is 11.6 Å². The van der Waals surface area contributed by atoms with E-state index in [1.807, 2.05) is 42.0 Å². The number of aromatic nitrogens is 1. The second-order valence-electron chi connectivity index (χ2n) is 7.85. The van der Waals surface area contributed by atoms with Gasteiger partial charge in [0.2, 0.25) is 0 Å². The largest absolute Gasteiger partial charge is 0.494 e. The van der Waals surface area contributed by atoms with Crippen molar-refractivity contribution in [1.29, 1.82) is 0 Å². The summed E-state index contributed by atoms with van der Waals surface area (Å²) < 4.78 is 1.88. The summed E-state index contributed by atoms with van der Waals surface area (Å²) in [5.74, 6) is 6.93. The van der Waals surface area contributed by atoms with Gasteiger partial charge < -0.3 is 14.6 Å². The zero-order chi connectivity index (χ0) is 20.4. The smallest absolute Gasteiger partial charge is 0.199 e. The molecule has 1 fully saturated rings. The van der Waals surface area contributed by atoms with Crippen molar-refractivity contribution in [2.24, 2.45) is 0 Å². The molecular weight excluding hydrogens is 382 g/mol. The summed E-state index contributed by atoms with van der Waals surface area (Å²) in [6, 6.07) is 11.8. The second kappa shape index (κ2) is 8.51. The number of piperazine rings is 1. The molecule has 0 saturated carbocycles. The molecule has 3 aromatic rings. The predicted molar refractivity (Wildman–Crippen MR) is 120 cm³/mol. The van der Waals surface area contributed by atoms with Crippen molar-refractivity contribution in [3.05, 3.63) is 64.3 Å². The van der Waals surface area contributed by atoms with Gasteiger partial charge in [-0.2, -0.15) is 0 Å². The fraction of sp³-hybridized carbons (Fsp3) is 0.333. The van der Waals surface area contributed by atoms with E-state index in [9.17, 15) is 5.11 Å². The van der Waals surface area contributed by atoms with Crippen molar-refractivity contribution >= 4 is 22.4 Å². The van der Waals surface area contributed by atoms with E-state index < -0.39 is 0 Å². The van der Waals surface area contributed by atoms with Crippen LogP contribution < -0.4 is 0 Å². The van der Waals surface area contributed by atoms with E-state index >= 15 is 0 Å². The fourth-order valence-electron chi connectivity index (χ4n) is 3.83. The van der Waals surface area contributed by atoms with Crippen LogP contribution in [0.3, 0.4) is 0 Å². The van der Waals surface area contributed by atoms with E-state index in [0.717, 1.165) is 60.2 Å². The van der Waals surface area contributed by atoms with Gasteiger partial charge in [-0.3, -0.25) is 4.90 Å². The number of rotatable bonds is 3. The standard InChI is InChI=1S/C24H26ClN3O/c1-18-14-20(4-3-9-27-12-10-26(2)11-13-27)15-21-17-28(24(29)23(18)21)16-19-5-7-22(25)8-6-19/h5-8,14-15,17,29H,9-13,16H2,1-2H3. The first-order valence-corrected chi connectivity index (χ1v) is 10.3. The molecule has 5 heteroatoms. The van der Waals surface area contributed by atoms with E-state index in [1.54, 1.807) is 0 Å². The van der Waals surface area contributed by atoms with Crippen LogP contribution in [0.2, 0.25) is 5.02 Å². The number of likely N-dealkylation sites (N-methyl/N-ethyl adjacent to an activating group) is 1. The van der Waals surface area contributed by atoms with Crippen LogP contribution in [0.4, 0.5) is 0 Å². The molecule has 2 aromatic carbocycles. The van der Waals surface area contributed by atoms with Crippen LogP contribution in [0.15, 0.2) is 42.6 Å². The average molecular weight is 408 g/mol. The minimum atomic E-state index is 0.296. The summed E-state index contributed by atoms with van der Waals surface area (Å²) in [6.45, 7) is 7.78. The lowest BCUT2D eigenvalue weighted by Gasteiger charge is -2.30. The highest BCUT2D eigenvalue weighted by atomic mass is 35.5. The molecule has 0 amide bonds. The summed E-state index contributed by atoms with van der Waals surface area (Å²) in [5.41, 5.74) is 3.13. The lowest BCUT2D eigenvalue weighted by Crippen LogP contribution is -2.44. The number of halogens is 1. The Morgan fingerprint density at radius 2 is 1.79 bits per heavy atom. The van der Waals surface area contributed by atoms with Gasteiger partial charge in [0.1, 0.15) is 0 Å². The maximum Gasteiger partial charge on any atom is 0.199 e. The third-order valence-corrected chi connectivity index (χ3v) is 5.81. The van der Waals surface area contributed by atoms with Crippen molar-refractivity contribution in [3.63, 3.8) is 0 Å². The van der Waals surface area contributed by atoms with E-state index in [0.29, 0.717) is 17.4 Å². The second-order valence-corrected chi connectivity index (χ2v) is 8.28. The van der Waals surface area contributed by atoms with Crippen LogP contribution in [0, 0.1) is 18.8 Å². The van der Waals surface area contributed by atoms with Crippen molar-refractivity contribution in [3.8, 4) is 17.7 Å². The van der Waals surface area contributed by atoms with Crippen LogP contribution in [-0.2, 0) is 6.54 Å². The monoisotopic (exact) mass is 407 g/mol. The lowest BCUT2D eigenvalue weighted by molar-refractivity contribution is 0.168. The molecule has 0 bridgehead atoms. The number of fused-ring (bicyclic) bond motifs is 1. The molecule has 4 rings (SSSR count). The zero-order valence-corrected chi connectivity index (χ0v) is 17.7. The molecule has 2 heterocycles. The molecule has 1 aliphatic rings. The SMILES string of the molecule is Cc1cc(C#CCN2CCN(C)CC2)cc2cn(Cc3ccc(Cl)cc3)c(O)c12. The van der Waals surface area contributed by atoms with Gasteiger partial charge in [-0.15, -0.1) is 0 Å². The number of nitrogens with zero attached hydrogens (tertiary/aromatic N) is 3. The first kappa shape index (κ1) is 19.8. The Labute approximate surface area is 177 Å². The Morgan fingerprint density at radius 1 is 1.07 bits per heavy atom. The van der Waals surface area contributed by atoms with Gasteiger partial charge in [0.05, 0.1) is 13.1 Å². The maximum absolute atomic E-state index is 10.7. The Hall–Kier alpha value is -2.45. The molecule has 1 aromatic heterocycles. The third kappa shape index (κ3) is 4.59. The molecule has 1 aliphatic heterocycles. The maximum atomic E-state index is 10.7. The molecule has 1 saturated heterocycles. The highest BCUT2D eigenvalue weighted by Gasteiger charge is 2.13. The lowest BCUT2D eigenvalue weighted by atomic mass is 10.1. The van der Waals surface area contributed by atoms with E-state index in [2.05, 4.69) is 40.8 Å². The van der Waals surface area contributed by atoms with Gasteiger partial charge >= 0.3 is 0 Å². The zero-order valence-electron chi connectivity index (χ0n) is 17.0. The number of aryl methyl sites for hydroxylation is 1. The number of benzene rings is 2. The number of aromatic hydroxyl groups is 1. The summed E-state index contributed by atoms with van der Waals surface area (Å²) in [6.07, 6.45) is 2.00. The molecule has 0 unspecified atom stereocenters. The predicted octanol–water partition coefficient (Wildman–Crippen LogP) is 3.96. The van der Waals surface area contributed by atoms with E-state index in [-0.39, 0.29) is 0 Å². The van der Waals surface area contributed by atoms with Crippen molar-refractivity contribution in [2.45, 2.75) is 13.5 Å². The van der Waals surface area contributed by atoms with Gasteiger partial charge in [-0.1, -0.05) is 35.6 Å². The fourth-order valence-corrected chi connectivity index (χ4v) is 3.96. The first-order valence-electron chi connectivity index (χ1n) is 9.96. The molecule has 1 N–H and O–H groups in total. The summed E-state index contributed by atoms with van der Waals surface area (Å²) in [5, 5.41) is 13.4. The molecule has 0 aliphatic carbocycles. The van der Waals surface area contributed by atoms with Crippen LogP contribution in [0.5, 0.6) is 5.88 Å². The number of hydrogen-bond acceptors (Lipinski definition) is 3. The van der Waals surface area contributed by atoms with Crippen LogP contribution >= 0.6 is 11.6 Å². The van der Waals surface area contributed by atoms with Gasteiger partial charge in [0.25, 0.3) is 0 Å². The van der Waals surface area contributed by atoms with Crippen LogP contribution in [0.1, 0.15) is 16.7 Å². The quantitative estimate of drug-likeness (QED) is 0.667. The van der Waals surface area contributed by atoms with Crippen molar-refractivity contribution in [1.82, 2.24) is 14.4 Å². The normalized spacial score (nSPS) is 15.4. The molecular formula is C24H26ClN3O. The highest BCUT2D eigenvalue weighted by molar-refractivity contribution is 6.30. The summed E-state index contributed by atoms with van der Waals surface area (Å²) in [4.78, 5) is 4.75. The number of hydrogen-bond donors (Lipinski definition) is 1. The van der Waals surface area contributed by atoms with Gasteiger partial charge in [0.15, 0.2) is 5.88 Å². The van der Waals surface area contributed by atoms with Crippen molar-refractivity contribution < 1.29 is 5.11 Å². The Bertz CT molecular complexity index is 1070. The third-order valence-electron chi connectivity index (χ3n) is 5.55. The van der Waals surface area contributed by atoms with Gasteiger partial charge in [-0.25, -0.2) is 0 Å². The molecule has 0 atom stereocenters. The van der Waals surface area contributed by atoms with Crippen LogP contribution in [-0.4, -0.2) is 59.2 Å². The van der Waals surface area contributed by atoms with Gasteiger partial charge in [0, 0.05) is 53.7 Å². The first-order chi connectivity index (χ1) is 14.0. The minimum absolute atomic E-state index is 0.296. The van der Waals surface area contributed by atoms with Crippen LogP contribution in [0.25, 0.3) is 10.8 Å². The molecule has 4 nitrogen and oxygen atoms in total. The molecule has 29 heavy (non-hydrogen) atoms. The Kier molecular flexibility index (Phi) is 5.82. The van der Waals surface area contributed by atoms with E-state index in [1.165, 1.54) is 0 Å². The summed E-state index contributed by atoms with van der Waals surface area (Å²) in [7, 11) is 2.16. The Morgan fingerprint density at radius 3 is 2.52 bits per heavy atom. The topological polar surface area (TPSA) is 31.6 Å². The van der Waals surface area contributed by atoms with Crippen molar-refractivity contribution in [2.75, 3.05) is 39.8 Å². The molecule has 0 spiro atoms. The Balaban J connectivity index is 1.54. The average Bonchev–Trinajstić information content (AvgIpc) is 3.01. The minimum Gasteiger partial charge on any atom is -0.494 e. The molecule has 0 radical (unpaired) electrons. The van der Waals surface area contributed by atoms with Gasteiger partial charge in [-0.05, 0) is 49.4 Å². The molecule has 150 valence electrons. The highest BCUT2D eigenvalue weighted by Crippen LogP contribution is 2.31.